The van der Waals surface area contributed by atoms with Gasteiger partial charge >= 0.3 is 0 Å². The lowest BCUT2D eigenvalue weighted by Gasteiger charge is -2.05. The number of rotatable bonds is 4. The first-order valence-electron chi connectivity index (χ1n) is 4.38. The van der Waals surface area contributed by atoms with E-state index in [1.165, 1.54) is 11.3 Å². The molecule has 2 nitrogen and oxygen atoms in total. The third-order valence-corrected chi connectivity index (χ3v) is 4.53. The standard InChI is InChI=1S/C9H10Br3NOS/c1-5(10)2-3-13-9(14)6-4-7(11)15-8(6)12/h4-5H,2-3H2,1H3,(H,13,14). The minimum atomic E-state index is -0.0306. The van der Waals surface area contributed by atoms with Crippen LogP contribution in [0.25, 0.3) is 0 Å². The Hall–Kier alpha value is 0.610. The highest BCUT2D eigenvalue weighted by Gasteiger charge is 2.12. The van der Waals surface area contributed by atoms with E-state index in [4.69, 9.17) is 0 Å². The number of thiophene rings is 1. The van der Waals surface area contributed by atoms with Gasteiger partial charge in [-0.25, -0.2) is 0 Å². The summed E-state index contributed by atoms with van der Waals surface area (Å²) in [5.74, 6) is -0.0306. The normalized spacial score (nSPS) is 12.5. The van der Waals surface area contributed by atoms with Gasteiger partial charge < -0.3 is 5.32 Å². The van der Waals surface area contributed by atoms with E-state index in [-0.39, 0.29) is 5.91 Å². The van der Waals surface area contributed by atoms with Crippen molar-refractivity contribution in [3.63, 3.8) is 0 Å². The molecule has 0 bridgehead atoms. The third-order valence-electron chi connectivity index (χ3n) is 1.73. The van der Waals surface area contributed by atoms with Gasteiger partial charge in [-0.2, -0.15) is 0 Å². The predicted molar refractivity (Wildman–Crippen MR) is 75.1 cm³/mol. The van der Waals surface area contributed by atoms with Crippen LogP contribution < -0.4 is 5.32 Å². The molecule has 0 aromatic carbocycles. The van der Waals surface area contributed by atoms with Gasteiger partial charge in [0.1, 0.15) is 0 Å². The van der Waals surface area contributed by atoms with Crippen LogP contribution in [0.15, 0.2) is 13.6 Å². The summed E-state index contributed by atoms with van der Waals surface area (Å²) in [5.41, 5.74) is 0.689. The van der Waals surface area contributed by atoms with Crippen molar-refractivity contribution in [2.45, 2.75) is 18.2 Å². The van der Waals surface area contributed by atoms with Gasteiger partial charge in [-0.1, -0.05) is 22.9 Å². The van der Waals surface area contributed by atoms with E-state index in [0.717, 1.165) is 14.0 Å². The molecule has 1 atom stereocenters. The van der Waals surface area contributed by atoms with Crippen molar-refractivity contribution in [1.82, 2.24) is 5.32 Å². The average Bonchev–Trinajstić information content (AvgIpc) is 2.44. The molecular formula is C9H10Br3NOS. The summed E-state index contributed by atoms with van der Waals surface area (Å²) in [6, 6.07) is 1.82. The molecule has 0 saturated heterocycles. The molecule has 1 unspecified atom stereocenters. The maximum absolute atomic E-state index is 11.7. The molecule has 0 aliphatic carbocycles. The largest absolute Gasteiger partial charge is 0.352 e. The molecule has 0 saturated carbocycles. The van der Waals surface area contributed by atoms with E-state index in [0.29, 0.717) is 16.9 Å². The summed E-state index contributed by atoms with van der Waals surface area (Å²) in [5, 5.41) is 2.87. The molecule has 84 valence electrons. The second-order valence-electron chi connectivity index (χ2n) is 3.06. The fourth-order valence-electron chi connectivity index (χ4n) is 0.975. The number of nitrogens with one attached hydrogen (secondary N) is 1. The lowest BCUT2D eigenvalue weighted by molar-refractivity contribution is 0.0953. The van der Waals surface area contributed by atoms with Crippen molar-refractivity contribution in [2.75, 3.05) is 6.54 Å². The molecule has 1 N–H and O–H groups in total. The van der Waals surface area contributed by atoms with Crippen LogP contribution in [-0.2, 0) is 0 Å². The second kappa shape index (κ2) is 6.37. The molecule has 1 amide bonds. The Bertz CT molecular complexity index is 351. The molecule has 1 rings (SSSR count). The summed E-state index contributed by atoms with van der Waals surface area (Å²) < 4.78 is 1.81. The van der Waals surface area contributed by atoms with Crippen molar-refractivity contribution in [2.24, 2.45) is 0 Å². The van der Waals surface area contributed by atoms with Gasteiger partial charge in [0.05, 0.1) is 13.1 Å². The van der Waals surface area contributed by atoms with Crippen molar-refractivity contribution in [3.05, 3.63) is 19.2 Å². The second-order valence-corrected chi connectivity index (χ2v) is 8.38. The zero-order valence-corrected chi connectivity index (χ0v) is 13.6. The number of alkyl halides is 1. The Balaban J connectivity index is 2.50. The van der Waals surface area contributed by atoms with E-state index in [2.05, 4.69) is 60.0 Å². The van der Waals surface area contributed by atoms with Crippen molar-refractivity contribution >= 4 is 65.0 Å². The highest BCUT2D eigenvalue weighted by Crippen LogP contribution is 2.31. The van der Waals surface area contributed by atoms with E-state index in [1.54, 1.807) is 0 Å². The fraction of sp³-hybridized carbons (Fsp3) is 0.444. The lowest BCUT2D eigenvalue weighted by Crippen LogP contribution is -2.25. The fourth-order valence-corrected chi connectivity index (χ4v) is 4.00. The summed E-state index contributed by atoms with van der Waals surface area (Å²) in [6.45, 7) is 2.74. The average molecular weight is 420 g/mol. The van der Waals surface area contributed by atoms with Gasteiger partial charge in [0.2, 0.25) is 0 Å². The maximum Gasteiger partial charge on any atom is 0.253 e. The zero-order valence-electron chi connectivity index (χ0n) is 8.02. The van der Waals surface area contributed by atoms with E-state index in [1.807, 2.05) is 6.07 Å². The van der Waals surface area contributed by atoms with Crippen molar-refractivity contribution in [3.8, 4) is 0 Å². The minimum absolute atomic E-state index is 0.0306. The zero-order chi connectivity index (χ0) is 11.4. The number of halogens is 3. The summed E-state index contributed by atoms with van der Waals surface area (Å²) in [6.07, 6.45) is 0.925. The van der Waals surface area contributed by atoms with Gasteiger partial charge in [0, 0.05) is 11.4 Å². The number of hydrogen-bond acceptors (Lipinski definition) is 2. The van der Waals surface area contributed by atoms with Gasteiger partial charge in [-0.05, 0) is 44.3 Å². The Labute approximate surface area is 118 Å². The van der Waals surface area contributed by atoms with E-state index >= 15 is 0 Å². The van der Waals surface area contributed by atoms with Crippen LogP contribution in [0, 0.1) is 0 Å². The first kappa shape index (κ1) is 13.7. The van der Waals surface area contributed by atoms with Crippen LogP contribution in [0.5, 0.6) is 0 Å². The van der Waals surface area contributed by atoms with Crippen LogP contribution in [-0.4, -0.2) is 17.3 Å². The predicted octanol–water partition coefficient (Wildman–Crippen LogP) is 4.18. The van der Waals surface area contributed by atoms with E-state index < -0.39 is 0 Å². The van der Waals surface area contributed by atoms with Crippen molar-refractivity contribution in [1.29, 1.82) is 0 Å². The molecule has 1 aromatic heterocycles. The monoisotopic (exact) mass is 417 g/mol. The SMILES string of the molecule is CC(Br)CCNC(=O)c1cc(Br)sc1Br. The van der Waals surface area contributed by atoms with Crippen molar-refractivity contribution < 1.29 is 4.79 Å². The number of hydrogen-bond donors (Lipinski definition) is 1. The first-order valence-corrected chi connectivity index (χ1v) is 7.69. The van der Waals surface area contributed by atoms with E-state index in [9.17, 15) is 4.79 Å². The van der Waals surface area contributed by atoms with Gasteiger partial charge in [-0.3, -0.25) is 4.79 Å². The van der Waals surface area contributed by atoms with Crippen LogP contribution in [0.2, 0.25) is 0 Å². The van der Waals surface area contributed by atoms with Gasteiger partial charge in [0.25, 0.3) is 5.91 Å². The lowest BCUT2D eigenvalue weighted by atomic mass is 10.3. The topological polar surface area (TPSA) is 29.1 Å². The molecule has 6 heteroatoms. The molecule has 15 heavy (non-hydrogen) atoms. The van der Waals surface area contributed by atoms with Crippen LogP contribution in [0.1, 0.15) is 23.7 Å². The maximum atomic E-state index is 11.7. The third kappa shape index (κ3) is 4.54. The molecule has 0 spiro atoms. The number of amides is 1. The Morgan fingerprint density at radius 1 is 1.60 bits per heavy atom. The molecule has 1 aromatic rings. The molecule has 0 radical (unpaired) electrons. The number of carbonyl (C=O) groups is 1. The number of carbonyl (C=O) groups excluding carboxylic acids is 1. The molecule has 1 heterocycles. The van der Waals surface area contributed by atoms with Crippen LogP contribution >= 0.6 is 59.1 Å². The quantitative estimate of drug-likeness (QED) is 0.729. The molecule has 0 fully saturated rings. The highest BCUT2D eigenvalue weighted by atomic mass is 79.9. The van der Waals surface area contributed by atoms with Crippen LogP contribution in [0.3, 0.4) is 0 Å². The summed E-state index contributed by atoms with van der Waals surface area (Å²) in [4.78, 5) is 12.1. The minimum Gasteiger partial charge on any atom is -0.352 e. The Morgan fingerprint density at radius 2 is 2.27 bits per heavy atom. The molecule has 0 aliphatic heterocycles. The summed E-state index contributed by atoms with van der Waals surface area (Å²) in [7, 11) is 0. The Kier molecular flexibility index (Phi) is 5.81. The van der Waals surface area contributed by atoms with Gasteiger partial charge in [0.15, 0.2) is 0 Å². The smallest absolute Gasteiger partial charge is 0.253 e. The molecule has 0 aliphatic rings. The molecular weight excluding hydrogens is 410 g/mol. The van der Waals surface area contributed by atoms with Gasteiger partial charge in [-0.15, -0.1) is 11.3 Å². The Morgan fingerprint density at radius 3 is 2.73 bits per heavy atom. The summed E-state index contributed by atoms with van der Waals surface area (Å²) >= 11 is 11.6. The first-order chi connectivity index (χ1) is 7.00. The highest BCUT2D eigenvalue weighted by molar-refractivity contribution is 9.12. The van der Waals surface area contributed by atoms with Crippen LogP contribution in [0.4, 0.5) is 0 Å².